The second-order valence-electron chi connectivity index (χ2n) is 7.50. The van der Waals surface area contributed by atoms with E-state index in [4.69, 9.17) is 10.00 Å². The van der Waals surface area contributed by atoms with E-state index in [9.17, 15) is 13.2 Å². The summed E-state index contributed by atoms with van der Waals surface area (Å²) >= 11 is 0. The summed E-state index contributed by atoms with van der Waals surface area (Å²) in [5.74, 6) is -0.0494. The molecule has 1 amide bonds. The van der Waals surface area contributed by atoms with Crippen LogP contribution in [0, 0.1) is 11.3 Å². The van der Waals surface area contributed by atoms with Gasteiger partial charge in [-0.1, -0.05) is 32.1 Å². The first-order valence-electron chi connectivity index (χ1n) is 11.2. The fraction of sp³-hybridized carbons (Fsp3) is 0.360. The molecule has 0 fully saturated rings. The van der Waals surface area contributed by atoms with E-state index in [1.165, 1.54) is 10.4 Å². The smallest absolute Gasteiger partial charge is 0.246 e. The summed E-state index contributed by atoms with van der Waals surface area (Å²) in [6.45, 7) is 11.0. The Balaban J connectivity index is 2.23. The molecule has 0 bridgehead atoms. The van der Waals surface area contributed by atoms with Crippen LogP contribution < -0.4 is 10.1 Å². The van der Waals surface area contributed by atoms with E-state index in [0.29, 0.717) is 44.0 Å². The third kappa shape index (κ3) is 7.15. The highest BCUT2D eigenvalue weighted by Crippen LogP contribution is 2.30. The zero-order valence-corrected chi connectivity index (χ0v) is 20.8. The van der Waals surface area contributed by atoms with Crippen LogP contribution in [-0.4, -0.2) is 56.3 Å². The molecule has 8 nitrogen and oxygen atoms in total. The number of hydrogen-bond donors (Lipinski definition) is 1. The van der Waals surface area contributed by atoms with Gasteiger partial charge in [-0.2, -0.15) is 9.57 Å². The molecule has 0 spiro atoms. The lowest BCUT2D eigenvalue weighted by Crippen LogP contribution is -2.33. The first kappa shape index (κ1) is 27.1. The van der Waals surface area contributed by atoms with E-state index in [1.54, 1.807) is 57.2 Å². The van der Waals surface area contributed by atoms with Gasteiger partial charge >= 0.3 is 0 Å². The van der Waals surface area contributed by atoms with Crippen LogP contribution in [0.2, 0.25) is 0 Å². The first-order valence-corrected chi connectivity index (χ1v) is 12.6. The molecule has 0 saturated heterocycles. The largest absolute Gasteiger partial charge is 0.492 e. The van der Waals surface area contributed by atoms with Crippen LogP contribution in [0.5, 0.6) is 5.75 Å². The standard InChI is InChI=1S/C25H32N4O4S/c1-5-14-28(18-21-11-9-10-20(15-21)17-26)19-25(30)27-22-12-13-23(33-8-4)24(16-22)34(31,32)29(6-2)7-3/h5,9-13,15-16H,1,6-8,14,18-19H2,2-4H3,(H,27,30). The van der Waals surface area contributed by atoms with Crippen molar-refractivity contribution < 1.29 is 17.9 Å². The molecule has 0 aromatic heterocycles. The summed E-state index contributed by atoms with van der Waals surface area (Å²) in [5, 5.41) is 11.9. The van der Waals surface area contributed by atoms with Crippen molar-refractivity contribution in [2.75, 3.05) is 38.1 Å². The zero-order valence-electron chi connectivity index (χ0n) is 20.0. The summed E-state index contributed by atoms with van der Waals surface area (Å²) in [4.78, 5) is 14.7. The van der Waals surface area contributed by atoms with Crippen molar-refractivity contribution >= 4 is 21.6 Å². The van der Waals surface area contributed by atoms with Crippen LogP contribution in [0.4, 0.5) is 5.69 Å². The van der Waals surface area contributed by atoms with Gasteiger partial charge in [0.1, 0.15) is 10.6 Å². The number of carbonyl (C=O) groups is 1. The molecule has 2 aromatic rings. The summed E-state index contributed by atoms with van der Waals surface area (Å²) in [5.41, 5.74) is 1.82. The van der Waals surface area contributed by atoms with Gasteiger partial charge in [-0.05, 0) is 42.8 Å². The number of anilines is 1. The van der Waals surface area contributed by atoms with Crippen LogP contribution in [-0.2, 0) is 21.4 Å². The lowest BCUT2D eigenvalue weighted by Gasteiger charge is -2.22. The highest BCUT2D eigenvalue weighted by atomic mass is 32.2. The molecule has 0 heterocycles. The number of rotatable bonds is 13. The van der Waals surface area contributed by atoms with Crippen LogP contribution in [0.1, 0.15) is 31.9 Å². The summed E-state index contributed by atoms with van der Waals surface area (Å²) < 4.78 is 33.2. The maximum atomic E-state index is 13.1. The lowest BCUT2D eigenvalue weighted by atomic mass is 10.1. The van der Waals surface area contributed by atoms with Crippen molar-refractivity contribution in [2.45, 2.75) is 32.2 Å². The lowest BCUT2D eigenvalue weighted by molar-refractivity contribution is -0.117. The maximum absolute atomic E-state index is 13.1. The number of benzene rings is 2. The number of amides is 1. The van der Waals surface area contributed by atoms with E-state index in [2.05, 4.69) is 18.0 Å². The minimum absolute atomic E-state index is 0.0205. The Morgan fingerprint density at radius 2 is 1.91 bits per heavy atom. The maximum Gasteiger partial charge on any atom is 0.246 e. The average molecular weight is 485 g/mol. The molecule has 34 heavy (non-hydrogen) atoms. The van der Waals surface area contributed by atoms with Gasteiger partial charge in [-0.25, -0.2) is 8.42 Å². The molecule has 9 heteroatoms. The normalized spacial score (nSPS) is 11.3. The Morgan fingerprint density at radius 1 is 1.18 bits per heavy atom. The van der Waals surface area contributed by atoms with Crippen molar-refractivity contribution in [1.29, 1.82) is 5.26 Å². The van der Waals surface area contributed by atoms with Gasteiger partial charge in [0, 0.05) is 31.9 Å². The fourth-order valence-electron chi connectivity index (χ4n) is 3.53. The quantitative estimate of drug-likeness (QED) is 0.436. The molecular formula is C25H32N4O4S. The second kappa shape index (κ2) is 12.9. The predicted molar refractivity (Wildman–Crippen MR) is 133 cm³/mol. The monoisotopic (exact) mass is 484 g/mol. The molecule has 0 unspecified atom stereocenters. The molecule has 0 saturated carbocycles. The van der Waals surface area contributed by atoms with E-state index < -0.39 is 10.0 Å². The van der Waals surface area contributed by atoms with Gasteiger partial charge < -0.3 is 10.1 Å². The fourth-order valence-corrected chi connectivity index (χ4v) is 5.15. The average Bonchev–Trinajstić information content (AvgIpc) is 2.81. The van der Waals surface area contributed by atoms with Gasteiger partial charge in [0.15, 0.2) is 0 Å². The molecule has 0 atom stereocenters. The molecule has 0 aliphatic rings. The van der Waals surface area contributed by atoms with Crippen LogP contribution in [0.3, 0.4) is 0 Å². The van der Waals surface area contributed by atoms with E-state index >= 15 is 0 Å². The molecule has 0 radical (unpaired) electrons. The topological polar surface area (TPSA) is 103 Å². The third-order valence-corrected chi connectivity index (χ3v) is 7.14. The number of nitriles is 1. The van der Waals surface area contributed by atoms with Crippen LogP contribution in [0.15, 0.2) is 60.0 Å². The number of nitrogens with zero attached hydrogens (tertiary/aromatic N) is 3. The minimum atomic E-state index is -3.78. The number of nitrogens with one attached hydrogen (secondary N) is 1. The minimum Gasteiger partial charge on any atom is -0.492 e. The van der Waals surface area contributed by atoms with Gasteiger partial charge in [-0.15, -0.1) is 6.58 Å². The van der Waals surface area contributed by atoms with Crippen molar-refractivity contribution in [3.05, 3.63) is 66.2 Å². The Labute approximate surface area is 202 Å². The Kier molecular flexibility index (Phi) is 10.3. The predicted octanol–water partition coefficient (Wildman–Crippen LogP) is 3.61. The highest BCUT2D eigenvalue weighted by molar-refractivity contribution is 7.89. The second-order valence-corrected chi connectivity index (χ2v) is 9.41. The van der Waals surface area contributed by atoms with Gasteiger partial charge in [-0.3, -0.25) is 9.69 Å². The Morgan fingerprint density at radius 3 is 2.53 bits per heavy atom. The molecule has 2 aromatic carbocycles. The van der Waals surface area contributed by atoms with Crippen molar-refractivity contribution in [1.82, 2.24) is 9.21 Å². The summed E-state index contributed by atoms with van der Waals surface area (Å²) in [7, 11) is -3.78. The van der Waals surface area contributed by atoms with Crippen molar-refractivity contribution in [2.24, 2.45) is 0 Å². The zero-order chi connectivity index (χ0) is 25.1. The van der Waals surface area contributed by atoms with Crippen molar-refractivity contribution in [3.8, 4) is 11.8 Å². The number of sulfonamides is 1. The van der Waals surface area contributed by atoms with Gasteiger partial charge in [0.2, 0.25) is 15.9 Å². The van der Waals surface area contributed by atoms with Gasteiger partial charge in [0.25, 0.3) is 0 Å². The molecule has 1 N–H and O–H groups in total. The first-order chi connectivity index (χ1) is 16.3. The molecule has 0 aliphatic heterocycles. The molecule has 182 valence electrons. The number of carbonyl (C=O) groups excluding carboxylic acids is 1. The Bertz CT molecular complexity index is 1140. The van der Waals surface area contributed by atoms with Crippen molar-refractivity contribution in [3.63, 3.8) is 0 Å². The summed E-state index contributed by atoms with van der Waals surface area (Å²) in [6.07, 6.45) is 1.70. The SMILES string of the molecule is C=CCN(CC(=O)Nc1ccc(OCC)c(S(=O)(=O)N(CC)CC)c1)Cc1cccc(C#N)c1. The number of ether oxygens (including phenoxy) is 1. The van der Waals surface area contributed by atoms with Crippen LogP contribution >= 0.6 is 0 Å². The Hall–Kier alpha value is -3.19. The highest BCUT2D eigenvalue weighted by Gasteiger charge is 2.26. The van der Waals surface area contributed by atoms with Gasteiger partial charge in [0.05, 0.1) is 24.8 Å². The van der Waals surface area contributed by atoms with E-state index in [1.807, 2.05) is 11.0 Å². The van der Waals surface area contributed by atoms with E-state index in [0.717, 1.165) is 5.56 Å². The number of hydrogen-bond acceptors (Lipinski definition) is 6. The van der Waals surface area contributed by atoms with Crippen LogP contribution in [0.25, 0.3) is 0 Å². The van der Waals surface area contributed by atoms with E-state index in [-0.39, 0.29) is 23.1 Å². The third-order valence-electron chi connectivity index (χ3n) is 5.07. The summed E-state index contributed by atoms with van der Waals surface area (Å²) in [6, 6.07) is 13.9. The molecular weight excluding hydrogens is 452 g/mol. The molecule has 0 aliphatic carbocycles. The molecule has 2 rings (SSSR count).